The van der Waals surface area contributed by atoms with Crippen LogP contribution in [0, 0.1) is 0 Å². The van der Waals surface area contributed by atoms with E-state index in [-0.39, 0.29) is 10.8 Å². The Morgan fingerprint density at radius 2 is 2.00 bits per heavy atom. The fraction of sp³-hybridized carbons (Fsp3) is 0.364. The number of ether oxygens (including phenoxy) is 1. The van der Waals surface area contributed by atoms with Crippen LogP contribution in [0.4, 0.5) is 5.13 Å². The monoisotopic (exact) mass is 491 g/mol. The highest BCUT2D eigenvalue weighted by Gasteiger charge is 2.24. The van der Waals surface area contributed by atoms with Crippen LogP contribution in [0.1, 0.15) is 10.4 Å². The molecule has 7 nitrogen and oxygen atoms in total. The van der Waals surface area contributed by atoms with E-state index in [0.717, 1.165) is 34.5 Å². The highest BCUT2D eigenvalue weighted by molar-refractivity contribution is 7.98. The molecule has 0 saturated carbocycles. The van der Waals surface area contributed by atoms with E-state index in [2.05, 4.69) is 11.0 Å². The Hall–Kier alpha value is -1.98. The number of morpholine rings is 1. The minimum atomic E-state index is -3.42. The van der Waals surface area contributed by atoms with Crippen molar-refractivity contribution in [3.63, 3.8) is 0 Å². The van der Waals surface area contributed by atoms with Gasteiger partial charge in [-0.2, -0.15) is 0 Å². The van der Waals surface area contributed by atoms with Crippen molar-refractivity contribution in [3.05, 3.63) is 48.0 Å². The molecule has 170 valence electrons. The maximum absolute atomic E-state index is 13.5. The number of carbonyl (C=O) groups excluding carboxylic acids is 1. The summed E-state index contributed by atoms with van der Waals surface area (Å²) in [7, 11) is -3.42. The number of amides is 1. The first-order valence-corrected chi connectivity index (χ1v) is 14.1. The lowest BCUT2D eigenvalue weighted by atomic mass is 10.2. The zero-order valence-corrected chi connectivity index (χ0v) is 20.4. The molecule has 0 aliphatic carbocycles. The summed E-state index contributed by atoms with van der Waals surface area (Å²) in [4.78, 5) is 23.5. The molecule has 3 aromatic rings. The Morgan fingerprint density at radius 1 is 1.22 bits per heavy atom. The largest absolute Gasteiger partial charge is 0.379 e. The SMILES string of the molecule is CSc1ccc2nc(N(CCN3CCOCC3)C(=O)c3cccc(S(C)(=O)=O)c3)sc2c1. The Bertz CT molecular complexity index is 1220. The number of nitrogens with zero attached hydrogens (tertiary/aromatic N) is 3. The van der Waals surface area contributed by atoms with Crippen molar-refractivity contribution in [2.45, 2.75) is 9.79 Å². The molecular formula is C22H25N3O4S3. The number of thiazole rings is 1. The Kier molecular flexibility index (Phi) is 7.16. The molecule has 2 heterocycles. The van der Waals surface area contributed by atoms with E-state index in [1.54, 1.807) is 28.8 Å². The van der Waals surface area contributed by atoms with E-state index in [9.17, 15) is 13.2 Å². The van der Waals surface area contributed by atoms with Crippen LogP contribution in [-0.4, -0.2) is 76.1 Å². The third-order valence-corrected chi connectivity index (χ3v) is 8.19. The van der Waals surface area contributed by atoms with Crippen LogP contribution in [-0.2, 0) is 14.6 Å². The first-order chi connectivity index (χ1) is 15.3. The second-order valence-corrected chi connectivity index (χ2v) is 11.4. The molecule has 32 heavy (non-hydrogen) atoms. The van der Waals surface area contributed by atoms with Crippen molar-refractivity contribution in [2.24, 2.45) is 0 Å². The highest BCUT2D eigenvalue weighted by Crippen LogP contribution is 2.32. The Balaban J connectivity index is 1.67. The second-order valence-electron chi connectivity index (χ2n) is 7.54. The van der Waals surface area contributed by atoms with Gasteiger partial charge in [0.2, 0.25) is 0 Å². The predicted molar refractivity (Wildman–Crippen MR) is 130 cm³/mol. The summed E-state index contributed by atoms with van der Waals surface area (Å²) in [6.45, 7) is 4.15. The van der Waals surface area contributed by atoms with E-state index in [0.29, 0.717) is 37.0 Å². The van der Waals surface area contributed by atoms with Gasteiger partial charge in [0.05, 0.1) is 28.3 Å². The quantitative estimate of drug-likeness (QED) is 0.469. The molecule has 0 radical (unpaired) electrons. The molecule has 0 bridgehead atoms. The molecule has 0 atom stereocenters. The average molecular weight is 492 g/mol. The highest BCUT2D eigenvalue weighted by atomic mass is 32.2. The molecule has 4 rings (SSSR count). The van der Waals surface area contributed by atoms with Gasteiger partial charge in [-0.25, -0.2) is 13.4 Å². The molecule has 0 spiro atoms. The van der Waals surface area contributed by atoms with Crippen LogP contribution in [0.2, 0.25) is 0 Å². The van der Waals surface area contributed by atoms with Gasteiger partial charge < -0.3 is 4.74 Å². The summed E-state index contributed by atoms with van der Waals surface area (Å²) in [5.41, 5.74) is 1.18. The molecule has 1 saturated heterocycles. The topological polar surface area (TPSA) is 79.8 Å². The molecule has 1 fully saturated rings. The van der Waals surface area contributed by atoms with Gasteiger partial charge >= 0.3 is 0 Å². The first-order valence-electron chi connectivity index (χ1n) is 10.2. The van der Waals surface area contributed by atoms with Gasteiger partial charge in [-0.15, -0.1) is 11.8 Å². The van der Waals surface area contributed by atoms with Gasteiger partial charge in [0, 0.05) is 42.9 Å². The lowest BCUT2D eigenvalue weighted by molar-refractivity contribution is 0.0391. The molecule has 1 aliphatic heterocycles. The van der Waals surface area contributed by atoms with E-state index < -0.39 is 9.84 Å². The van der Waals surface area contributed by atoms with Crippen molar-refractivity contribution in [1.29, 1.82) is 0 Å². The minimum absolute atomic E-state index is 0.130. The minimum Gasteiger partial charge on any atom is -0.379 e. The number of benzene rings is 2. The predicted octanol–water partition coefficient (Wildman–Crippen LogP) is 3.40. The maximum atomic E-state index is 13.5. The summed E-state index contributed by atoms with van der Waals surface area (Å²) in [5.74, 6) is -0.257. The van der Waals surface area contributed by atoms with Crippen molar-refractivity contribution < 1.29 is 17.9 Å². The van der Waals surface area contributed by atoms with Crippen LogP contribution < -0.4 is 4.90 Å². The van der Waals surface area contributed by atoms with Crippen LogP contribution in [0.3, 0.4) is 0 Å². The number of fused-ring (bicyclic) bond motifs is 1. The normalized spacial score (nSPS) is 15.2. The van der Waals surface area contributed by atoms with Gasteiger partial charge in [0.25, 0.3) is 5.91 Å². The molecule has 0 N–H and O–H groups in total. The summed E-state index contributed by atoms with van der Waals surface area (Å²) in [6.07, 6.45) is 3.17. The van der Waals surface area contributed by atoms with Crippen molar-refractivity contribution in [2.75, 3.05) is 56.8 Å². The lowest BCUT2D eigenvalue weighted by Crippen LogP contribution is -2.43. The Labute approximate surface area is 196 Å². The second kappa shape index (κ2) is 9.88. The summed E-state index contributed by atoms with van der Waals surface area (Å²) >= 11 is 3.13. The van der Waals surface area contributed by atoms with Crippen molar-refractivity contribution >= 4 is 54.2 Å². The van der Waals surface area contributed by atoms with Crippen LogP contribution in [0.25, 0.3) is 10.2 Å². The molecule has 2 aromatic carbocycles. The molecule has 1 aliphatic rings. The molecule has 1 amide bonds. The van der Waals surface area contributed by atoms with Gasteiger partial charge in [0.1, 0.15) is 0 Å². The van der Waals surface area contributed by atoms with Gasteiger partial charge in [0.15, 0.2) is 15.0 Å². The lowest BCUT2D eigenvalue weighted by Gasteiger charge is -2.29. The number of rotatable bonds is 7. The zero-order valence-electron chi connectivity index (χ0n) is 18.0. The van der Waals surface area contributed by atoms with Gasteiger partial charge in [-0.3, -0.25) is 14.6 Å². The molecular weight excluding hydrogens is 466 g/mol. The third kappa shape index (κ3) is 5.32. The van der Waals surface area contributed by atoms with Crippen molar-refractivity contribution in [1.82, 2.24) is 9.88 Å². The average Bonchev–Trinajstić information content (AvgIpc) is 3.22. The molecule has 1 aromatic heterocycles. The number of aromatic nitrogens is 1. The number of anilines is 1. The van der Waals surface area contributed by atoms with Gasteiger partial charge in [-0.1, -0.05) is 17.4 Å². The smallest absolute Gasteiger partial charge is 0.260 e. The summed E-state index contributed by atoms with van der Waals surface area (Å²) in [5, 5.41) is 0.612. The zero-order chi connectivity index (χ0) is 22.7. The van der Waals surface area contributed by atoms with Crippen LogP contribution >= 0.6 is 23.1 Å². The fourth-order valence-electron chi connectivity index (χ4n) is 3.50. The fourth-order valence-corrected chi connectivity index (χ4v) is 5.71. The van der Waals surface area contributed by atoms with E-state index in [1.807, 2.05) is 18.4 Å². The standard InChI is InChI=1S/C22H25N3O4S3/c1-30-17-6-7-19-20(15-17)31-22(23-19)25(9-8-24-10-12-29-13-11-24)21(26)16-4-3-5-18(14-16)32(2,27)28/h3-7,14-15H,8-13H2,1-2H3. The number of sulfone groups is 1. The van der Waals surface area contributed by atoms with E-state index in [1.165, 1.54) is 23.5 Å². The summed E-state index contributed by atoms with van der Waals surface area (Å²) in [6, 6.07) is 12.3. The number of carbonyl (C=O) groups is 1. The van der Waals surface area contributed by atoms with E-state index in [4.69, 9.17) is 9.72 Å². The Morgan fingerprint density at radius 3 is 2.72 bits per heavy atom. The first kappa shape index (κ1) is 23.2. The van der Waals surface area contributed by atoms with Crippen LogP contribution in [0.15, 0.2) is 52.3 Å². The molecule has 0 unspecified atom stereocenters. The number of hydrogen-bond donors (Lipinski definition) is 0. The summed E-state index contributed by atoms with van der Waals surface area (Å²) < 4.78 is 30.4. The van der Waals surface area contributed by atoms with Crippen molar-refractivity contribution in [3.8, 4) is 0 Å². The maximum Gasteiger partial charge on any atom is 0.260 e. The number of hydrogen-bond acceptors (Lipinski definition) is 8. The third-order valence-electron chi connectivity index (χ3n) is 5.31. The molecule has 10 heteroatoms. The van der Waals surface area contributed by atoms with Gasteiger partial charge in [-0.05, 0) is 42.7 Å². The van der Waals surface area contributed by atoms with Crippen LogP contribution in [0.5, 0.6) is 0 Å². The number of thioether (sulfide) groups is 1. The van der Waals surface area contributed by atoms with E-state index >= 15 is 0 Å².